The molecule has 1 aromatic rings. The van der Waals surface area contributed by atoms with Gasteiger partial charge in [-0.2, -0.15) is 5.26 Å². The van der Waals surface area contributed by atoms with Gasteiger partial charge in [-0.15, -0.1) is 11.6 Å². The van der Waals surface area contributed by atoms with Crippen LogP contribution in [0.15, 0.2) is 18.2 Å². The average Bonchev–Trinajstić information content (AvgIpc) is 2.20. The Morgan fingerprint density at radius 1 is 1.36 bits per heavy atom. The molecule has 0 aliphatic heterocycles. The monoisotopic (exact) mass is 207 g/mol. The summed E-state index contributed by atoms with van der Waals surface area (Å²) >= 11 is 5.44. The average molecular weight is 208 g/mol. The Hall–Kier alpha value is -1.51. The summed E-state index contributed by atoms with van der Waals surface area (Å²) in [5, 5.41) is 8.69. The van der Waals surface area contributed by atoms with Crippen LogP contribution in [0.5, 0.6) is 0 Å². The van der Waals surface area contributed by atoms with Crippen LogP contribution in [-0.4, -0.2) is 5.88 Å². The van der Waals surface area contributed by atoms with E-state index in [1.54, 1.807) is 0 Å². The molecule has 70 valence electrons. The number of alkyl halides is 1. The molecule has 0 saturated carbocycles. The highest BCUT2D eigenvalue weighted by molar-refractivity contribution is 6.18. The fraction of sp³-hybridized carbons (Fsp3) is 0.182. The van der Waals surface area contributed by atoms with Gasteiger partial charge in [0.15, 0.2) is 0 Å². The first-order valence-corrected chi connectivity index (χ1v) is 4.56. The van der Waals surface area contributed by atoms with E-state index < -0.39 is 5.82 Å². The Kier molecular flexibility index (Phi) is 3.98. The Morgan fingerprint density at radius 3 is 2.79 bits per heavy atom. The third kappa shape index (κ3) is 2.76. The molecule has 0 unspecified atom stereocenters. The van der Waals surface area contributed by atoms with E-state index in [4.69, 9.17) is 16.9 Å². The van der Waals surface area contributed by atoms with Gasteiger partial charge in [-0.1, -0.05) is 11.8 Å². The second kappa shape index (κ2) is 5.27. The molecule has 0 radical (unpaired) electrons. The van der Waals surface area contributed by atoms with Gasteiger partial charge < -0.3 is 0 Å². The van der Waals surface area contributed by atoms with Gasteiger partial charge in [0.05, 0.1) is 5.56 Å². The second-order valence-corrected chi connectivity index (χ2v) is 2.92. The molecule has 0 heterocycles. The normalized spacial score (nSPS) is 8.64. The maximum absolute atomic E-state index is 12.7. The van der Waals surface area contributed by atoms with Gasteiger partial charge in [-0.3, -0.25) is 0 Å². The summed E-state index contributed by atoms with van der Waals surface area (Å²) < 4.78 is 12.7. The zero-order chi connectivity index (χ0) is 10.4. The predicted molar refractivity (Wildman–Crippen MR) is 53.3 cm³/mol. The lowest BCUT2D eigenvalue weighted by Crippen LogP contribution is -1.85. The van der Waals surface area contributed by atoms with Gasteiger partial charge >= 0.3 is 0 Å². The summed E-state index contributed by atoms with van der Waals surface area (Å²) in [6, 6.07) is 5.84. The smallest absolute Gasteiger partial charge is 0.124 e. The van der Waals surface area contributed by atoms with Crippen molar-refractivity contribution >= 4 is 11.6 Å². The van der Waals surface area contributed by atoms with Gasteiger partial charge in [0, 0.05) is 17.9 Å². The minimum Gasteiger partial charge on any atom is -0.207 e. The quantitative estimate of drug-likeness (QED) is 0.513. The second-order valence-electron chi connectivity index (χ2n) is 2.54. The Bertz CT molecular complexity index is 423. The molecule has 1 rings (SSSR count). The van der Waals surface area contributed by atoms with Crippen LogP contribution < -0.4 is 0 Å². The van der Waals surface area contributed by atoms with Crippen LogP contribution in [-0.2, 0) is 0 Å². The molecular formula is C11H7ClFN. The molecule has 0 amide bonds. The topological polar surface area (TPSA) is 23.8 Å². The maximum Gasteiger partial charge on any atom is 0.124 e. The molecule has 0 bridgehead atoms. The molecule has 0 aliphatic rings. The zero-order valence-electron chi connectivity index (χ0n) is 7.35. The number of halogens is 2. The zero-order valence-corrected chi connectivity index (χ0v) is 8.11. The first kappa shape index (κ1) is 10.6. The molecule has 1 aromatic carbocycles. The lowest BCUT2D eigenvalue weighted by Gasteiger charge is -1.94. The molecule has 14 heavy (non-hydrogen) atoms. The predicted octanol–water partition coefficient (Wildman–Crippen LogP) is 2.68. The first-order valence-electron chi connectivity index (χ1n) is 4.02. The summed E-state index contributed by atoms with van der Waals surface area (Å²) in [6.07, 6.45) is 0.559. The van der Waals surface area contributed by atoms with Crippen molar-refractivity contribution in [3.63, 3.8) is 0 Å². The molecule has 0 saturated heterocycles. The van der Waals surface area contributed by atoms with E-state index >= 15 is 0 Å². The molecule has 1 nitrogen and oxygen atoms in total. The minimum atomic E-state index is -0.426. The first-order chi connectivity index (χ1) is 6.77. The third-order valence-corrected chi connectivity index (χ3v) is 1.73. The van der Waals surface area contributed by atoms with Crippen LogP contribution in [0, 0.1) is 29.0 Å². The molecule has 0 aromatic heterocycles. The fourth-order valence-electron chi connectivity index (χ4n) is 0.923. The van der Waals surface area contributed by atoms with Crippen LogP contribution in [0.25, 0.3) is 0 Å². The molecular weight excluding hydrogens is 201 g/mol. The number of rotatable bonds is 1. The number of nitrogens with zero attached hydrogens (tertiary/aromatic N) is 1. The van der Waals surface area contributed by atoms with E-state index in [2.05, 4.69) is 11.8 Å². The van der Waals surface area contributed by atoms with Crippen LogP contribution in [0.4, 0.5) is 4.39 Å². The highest BCUT2D eigenvalue weighted by atomic mass is 35.5. The van der Waals surface area contributed by atoms with E-state index in [9.17, 15) is 4.39 Å². The van der Waals surface area contributed by atoms with Crippen LogP contribution in [0.3, 0.4) is 0 Å². The largest absolute Gasteiger partial charge is 0.207 e. The molecule has 0 aliphatic carbocycles. The Labute approximate surface area is 87.1 Å². The fourth-order valence-corrected chi connectivity index (χ4v) is 1.02. The van der Waals surface area contributed by atoms with E-state index in [1.165, 1.54) is 18.2 Å². The van der Waals surface area contributed by atoms with Gasteiger partial charge in [0.1, 0.15) is 11.9 Å². The lowest BCUT2D eigenvalue weighted by atomic mass is 10.1. The number of nitriles is 1. The highest BCUT2D eigenvalue weighted by Crippen LogP contribution is 2.08. The molecule has 3 heteroatoms. The van der Waals surface area contributed by atoms with Crippen LogP contribution in [0.2, 0.25) is 0 Å². The number of hydrogen-bond donors (Lipinski definition) is 0. The van der Waals surface area contributed by atoms with Crippen molar-refractivity contribution in [1.82, 2.24) is 0 Å². The number of hydrogen-bond acceptors (Lipinski definition) is 1. The van der Waals surface area contributed by atoms with Crippen molar-refractivity contribution < 1.29 is 4.39 Å². The highest BCUT2D eigenvalue weighted by Gasteiger charge is 1.99. The van der Waals surface area contributed by atoms with Crippen molar-refractivity contribution in [1.29, 1.82) is 5.26 Å². The summed E-state index contributed by atoms with van der Waals surface area (Å²) in [5.41, 5.74) is 0.797. The van der Waals surface area contributed by atoms with Crippen molar-refractivity contribution in [2.45, 2.75) is 6.42 Å². The van der Waals surface area contributed by atoms with Gasteiger partial charge in [0.2, 0.25) is 0 Å². The van der Waals surface area contributed by atoms with E-state index in [0.29, 0.717) is 17.9 Å². The maximum atomic E-state index is 12.7. The SMILES string of the molecule is N#Cc1cc(F)ccc1C#CCCCl. The van der Waals surface area contributed by atoms with Gasteiger partial charge in [-0.05, 0) is 18.2 Å². The molecule has 0 fully saturated rings. The van der Waals surface area contributed by atoms with Crippen molar-refractivity contribution in [2.75, 3.05) is 5.88 Å². The Balaban J connectivity index is 3.00. The van der Waals surface area contributed by atoms with E-state index in [-0.39, 0.29) is 5.56 Å². The van der Waals surface area contributed by atoms with Gasteiger partial charge in [-0.25, -0.2) is 4.39 Å². The van der Waals surface area contributed by atoms with Crippen molar-refractivity contribution in [3.8, 4) is 17.9 Å². The van der Waals surface area contributed by atoms with Crippen LogP contribution >= 0.6 is 11.6 Å². The molecule has 0 spiro atoms. The lowest BCUT2D eigenvalue weighted by molar-refractivity contribution is 0.627. The summed E-state index contributed by atoms with van der Waals surface area (Å²) in [6.45, 7) is 0. The van der Waals surface area contributed by atoms with Crippen LogP contribution in [0.1, 0.15) is 17.5 Å². The summed E-state index contributed by atoms with van der Waals surface area (Å²) in [7, 11) is 0. The summed E-state index contributed by atoms with van der Waals surface area (Å²) in [5.74, 6) is 5.59. The minimum absolute atomic E-state index is 0.257. The van der Waals surface area contributed by atoms with Crippen molar-refractivity contribution in [3.05, 3.63) is 35.1 Å². The van der Waals surface area contributed by atoms with E-state index in [0.717, 1.165) is 0 Å². The molecule has 0 N–H and O–H groups in total. The van der Waals surface area contributed by atoms with Gasteiger partial charge in [0.25, 0.3) is 0 Å². The third-order valence-electron chi connectivity index (χ3n) is 1.54. The number of benzene rings is 1. The Morgan fingerprint density at radius 2 is 2.14 bits per heavy atom. The molecule has 0 atom stereocenters. The van der Waals surface area contributed by atoms with Crippen molar-refractivity contribution in [2.24, 2.45) is 0 Å². The van der Waals surface area contributed by atoms with E-state index in [1.807, 2.05) is 6.07 Å². The summed E-state index contributed by atoms with van der Waals surface area (Å²) in [4.78, 5) is 0. The standard InChI is InChI=1S/C11H7ClFN/c12-6-2-1-3-9-4-5-11(13)7-10(9)8-14/h4-5,7H,2,6H2.